The van der Waals surface area contributed by atoms with Gasteiger partial charge in [-0.1, -0.05) is 55.5 Å². The molecule has 1 aliphatic carbocycles. The highest BCUT2D eigenvalue weighted by Crippen LogP contribution is 2.44. The molecule has 2 atom stereocenters. The second-order valence-corrected chi connectivity index (χ2v) is 9.60. The molecule has 0 fully saturated rings. The number of carboxylic acids is 1. The number of hydrogen-bond donors (Lipinski definition) is 3. The van der Waals surface area contributed by atoms with Crippen LogP contribution in [0.1, 0.15) is 65.8 Å². The van der Waals surface area contributed by atoms with E-state index in [1.165, 1.54) is 5.38 Å². The molecule has 0 radical (unpaired) electrons. The first kappa shape index (κ1) is 24.4. The number of aromatic nitrogens is 1. The van der Waals surface area contributed by atoms with Gasteiger partial charge in [0.05, 0.1) is 6.04 Å². The highest BCUT2D eigenvalue weighted by atomic mass is 32.1. The van der Waals surface area contributed by atoms with Crippen LogP contribution in [-0.2, 0) is 9.53 Å². The zero-order valence-corrected chi connectivity index (χ0v) is 20.5. The van der Waals surface area contributed by atoms with Gasteiger partial charge in [-0.15, -0.1) is 11.3 Å². The Kier molecular flexibility index (Phi) is 6.88. The molecule has 8 nitrogen and oxygen atoms in total. The molecular weight excluding hydrogens is 466 g/mol. The number of fused-ring (bicyclic) bond motifs is 3. The van der Waals surface area contributed by atoms with Gasteiger partial charge in [0.15, 0.2) is 5.69 Å². The van der Waals surface area contributed by atoms with Crippen molar-refractivity contribution < 1.29 is 24.2 Å². The van der Waals surface area contributed by atoms with Crippen LogP contribution in [0.25, 0.3) is 11.1 Å². The van der Waals surface area contributed by atoms with Crippen molar-refractivity contribution in [1.29, 1.82) is 0 Å². The Morgan fingerprint density at radius 2 is 1.71 bits per heavy atom. The number of carbonyl (C=O) groups is 3. The van der Waals surface area contributed by atoms with Gasteiger partial charge in [0, 0.05) is 11.3 Å². The highest BCUT2D eigenvalue weighted by Gasteiger charge is 2.36. The maximum atomic E-state index is 13.0. The van der Waals surface area contributed by atoms with E-state index in [9.17, 15) is 14.4 Å². The minimum atomic E-state index is -1.22. The molecule has 1 aromatic heterocycles. The number of carboxylic acid groups (broad SMARTS) is 1. The molecule has 0 aliphatic heterocycles. The lowest BCUT2D eigenvalue weighted by atomic mass is 9.97. The SMILES string of the molecule is CCC(C)(NC(=O)OCC1c2ccccc2-c2ccccc21)C(=O)NC(C)c1nc(C(=O)O)cs1. The lowest BCUT2D eigenvalue weighted by Gasteiger charge is -2.29. The Bertz CT molecular complexity index is 1230. The van der Waals surface area contributed by atoms with E-state index < -0.39 is 29.6 Å². The van der Waals surface area contributed by atoms with Crippen molar-refractivity contribution >= 4 is 29.3 Å². The van der Waals surface area contributed by atoms with Crippen molar-refractivity contribution in [2.75, 3.05) is 6.61 Å². The molecule has 9 heteroatoms. The second-order valence-electron chi connectivity index (χ2n) is 8.71. The summed E-state index contributed by atoms with van der Waals surface area (Å²) in [6, 6.07) is 15.6. The topological polar surface area (TPSA) is 118 Å². The maximum absolute atomic E-state index is 13.0. The molecule has 2 unspecified atom stereocenters. The fourth-order valence-corrected chi connectivity index (χ4v) is 4.97. The first-order valence-electron chi connectivity index (χ1n) is 11.4. The molecule has 0 spiro atoms. The van der Waals surface area contributed by atoms with E-state index >= 15 is 0 Å². The molecule has 4 rings (SSSR count). The van der Waals surface area contributed by atoms with Crippen molar-refractivity contribution in [3.8, 4) is 11.1 Å². The summed E-state index contributed by atoms with van der Waals surface area (Å²) in [6.07, 6.45) is -0.352. The van der Waals surface area contributed by atoms with Gasteiger partial charge in [-0.25, -0.2) is 14.6 Å². The van der Waals surface area contributed by atoms with E-state index in [1.807, 2.05) is 36.4 Å². The molecule has 0 bridgehead atoms. The van der Waals surface area contributed by atoms with Gasteiger partial charge in [-0.3, -0.25) is 4.79 Å². The van der Waals surface area contributed by atoms with Crippen LogP contribution < -0.4 is 10.6 Å². The number of alkyl carbamates (subject to hydrolysis) is 1. The number of amides is 2. The third-order valence-electron chi connectivity index (χ3n) is 6.39. The summed E-state index contributed by atoms with van der Waals surface area (Å²) in [5.41, 5.74) is 3.20. The molecule has 182 valence electrons. The number of carbonyl (C=O) groups excluding carboxylic acids is 2. The van der Waals surface area contributed by atoms with Gasteiger partial charge in [0.2, 0.25) is 5.91 Å². The monoisotopic (exact) mass is 493 g/mol. The summed E-state index contributed by atoms with van der Waals surface area (Å²) in [4.78, 5) is 40.9. The molecule has 0 saturated carbocycles. The van der Waals surface area contributed by atoms with Crippen molar-refractivity contribution in [3.05, 3.63) is 75.7 Å². The Labute approximate surface area is 207 Å². The number of thiazole rings is 1. The van der Waals surface area contributed by atoms with Crippen LogP contribution >= 0.6 is 11.3 Å². The smallest absolute Gasteiger partial charge is 0.408 e. The van der Waals surface area contributed by atoms with Crippen LogP contribution in [0.2, 0.25) is 0 Å². The number of aromatic carboxylic acids is 1. The van der Waals surface area contributed by atoms with Gasteiger partial charge < -0.3 is 20.5 Å². The van der Waals surface area contributed by atoms with Crippen LogP contribution in [0.3, 0.4) is 0 Å². The lowest BCUT2D eigenvalue weighted by Crippen LogP contribution is -2.57. The summed E-state index contributed by atoms with van der Waals surface area (Å²) >= 11 is 1.15. The Morgan fingerprint density at radius 3 is 2.26 bits per heavy atom. The van der Waals surface area contributed by atoms with E-state index in [0.29, 0.717) is 11.4 Å². The predicted molar refractivity (Wildman–Crippen MR) is 133 cm³/mol. The quantitative estimate of drug-likeness (QED) is 0.418. The minimum absolute atomic E-state index is 0.0684. The predicted octanol–water partition coefficient (Wildman–Crippen LogP) is 4.73. The Balaban J connectivity index is 1.40. The summed E-state index contributed by atoms with van der Waals surface area (Å²) < 4.78 is 5.60. The fraction of sp³-hybridized carbons (Fsp3) is 0.308. The summed E-state index contributed by atoms with van der Waals surface area (Å²) in [6.45, 7) is 5.28. The van der Waals surface area contributed by atoms with Crippen LogP contribution in [-0.4, -0.2) is 40.2 Å². The fourth-order valence-electron chi connectivity index (χ4n) is 4.17. The zero-order chi connectivity index (χ0) is 25.2. The van der Waals surface area contributed by atoms with Crippen molar-refractivity contribution in [3.63, 3.8) is 0 Å². The first-order valence-corrected chi connectivity index (χ1v) is 12.2. The van der Waals surface area contributed by atoms with Crippen molar-refractivity contribution in [2.24, 2.45) is 0 Å². The third-order valence-corrected chi connectivity index (χ3v) is 7.42. The maximum Gasteiger partial charge on any atom is 0.408 e. The number of benzene rings is 2. The van der Waals surface area contributed by atoms with Crippen LogP contribution in [0.4, 0.5) is 4.79 Å². The largest absolute Gasteiger partial charge is 0.476 e. The van der Waals surface area contributed by atoms with Crippen molar-refractivity contribution in [2.45, 2.75) is 44.7 Å². The summed E-state index contributed by atoms with van der Waals surface area (Å²) in [5.74, 6) is -1.61. The normalized spacial score (nSPS) is 14.8. The average Bonchev–Trinajstić information content (AvgIpc) is 3.46. The summed E-state index contributed by atoms with van der Waals surface area (Å²) in [5, 5.41) is 16.5. The van der Waals surface area contributed by atoms with Crippen molar-refractivity contribution in [1.82, 2.24) is 15.6 Å². The van der Waals surface area contributed by atoms with Crippen LogP contribution in [0.5, 0.6) is 0 Å². The third kappa shape index (κ3) is 4.90. The first-order chi connectivity index (χ1) is 16.7. The molecule has 1 aliphatic rings. The molecular formula is C26H27N3O5S. The van der Waals surface area contributed by atoms with E-state index in [-0.39, 0.29) is 18.2 Å². The second kappa shape index (κ2) is 9.87. The number of ether oxygens (including phenoxy) is 1. The van der Waals surface area contributed by atoms with Gasteiger partial charge >= 0.3 is 12.1 Å². The van der Waals surface area contributed by atoms with Gasteiger partial charge in [0.1, 0.15) is 17.2 Å². The van der Waals surface area contributed by atoms with Gasteiger partial charge in [-0.05, 0) is 42.5 Å². The molecule has 2 aromatic carbocycles. The van der Waals surface area contributed by atoms with E-state index in [1.54, 1.807) is 20.8 Å². The van der Waals surface area contributed by atoms with E-state index in [2.05, 4.69) is 27.8 Å². The number of nitrogens with zero attached hydrogens (tertiary/aromatic N) is 1. The molecule has 3 aromatic rings. The Morgan fingerprint density at radius 1 is 1.11 bits per heavy atom. The standard InChI is InChI=1S/C26H27N3O5S/c1-4-26(3,24(32)27-15(2)22-28-21(14-35-22)23(30)31)29-25(33)34-13-20-18-11-7-5-9-16(18)17-10-6-8-12-19(17)20/h5-12,14-15,20H,4,13H2,1-3H3,(H,27,32)(H,29,33)(H,30,31). The zero-order valence-electron chi connectivity index (χ0n) is 19.7. The Hall–Kier alpha value is -3.72. The number of rotatable bonds is 8. The molecule has 3 N–H and O–H groups in total. The van der Waals surface area contributed by atoms with Gasteiger partial charge in [-0.2, -0.15) is 0 Å². The van der Waals surface area contributed by atoms with Crippen LogP contribution in [0.15, 0.2) is 53.9 Å². The van der Waals surface area contributed by atoms with Crippen LogP contribution in [0, 0.1) is 0 Å². The average molecular weight is 494 g/mol. The van der Waals surface area contributed by atoms with Gasteiger partial charge in [0.25, 0.3) is 0 Å². The molecule has 1 heterocycles. The summed E-state index contributed by atoms with van der Waals surface area (Å²) in [7, 11) is 0. The van der Waals surface area contributed by atoms with E-state index in [0.717, 1.165) is 33.6 Å². The number of hydrogen-bond acceptors (Lipinski definition) is 6. The highest BCUT2D eigenvalue weighted by molar-refractivity contribution is 7.09. The molecule has 0 saturated heterocycles. The number of nitrogens with one attached hydrogen (secondary N) is 2. The molecule has 2 amide bonds. The lowest BCUT2D eigenvalue weighted by molar-refractivity contribution is -0.127. The molecule has 35 heavy (non-hydrogen) atoms. The minimum Gasteiger partial charge on any atom is -0.476 e. The van der Waals surface area contributed by atoms with E-state index in [4.69, 9.17) is 9.84 Å².